The molecule has 1 aromatic carbocycles. The Kier molecular flexibility index (Phi) is 4.25. The van der Waals surface area contributed by atoms with Crippen LogP contribution in [0.2, 0.25) is 0 Å². The number of nitrogens with one attached hydrogen (secondary N) is 1. The van der Waals surface area contributed by atoms with E-state index in [1.807, 2.05) is 0 Å². The summed E-state index contributed by atoms with van der Waals surface area (Å²) in [5.41, 5.74) is 2.43. The lowest BCUT2D eigenvalue weighted by atomic mass is 9.81. The van der Waals surface area contributed by atoms with E-state index >= 15 is 0 Å². The van der Waals surface area contributed by atoms with Gasteiger partial charge in [0.1, 0.15) is 0 Å². The minimum Gasteiger partial charge on any atom is -0.361 e. The minimum absolute atomic E-state index is 0.926. The molecule has 0 unspecified atom stereocenters. The zero-order valence-corrected chi connectivity index (χ0v) is 13.3. The van der Waals surface area contributed by atoms with Crippen LogP contribution in [0.3, 0.4) is 0 Å². The highest BCUT2D eigenvalue weighted by atomic mass is 32.1. The number of anilines is 1. The van der Waals surface area contributed by atoms with Gasteiger partial charge in [0.15, 0.2) is 5.13 Å². The first kappa shape index (κ1) is 13.9. The number of rotatable bonds is 4. The van der Waals surface area contributed by atoms with E-state index in [1.165, 1.54) is 42.4 Å². The summed E-state index contributed by atoms with van der Waals surface area (Å²) in [6, 6.07) is 6.41. The van der Waals surface area contributed by atoms with Crippen LogP contribution in [0.15, 0.2) is 18.2 Å². The number of hydrogen-bond acceptors (Lipinski definition) is 3. The Bertz CT molecular complexity index is 567. The second-order valence-corrected chi connectivity index (χ2v) is 7.31. The molecule has 20 heavy (non-hydrogen) atoms. The molecule has 0 spiro atoms. The number of nitrogens with zero attached hydrogens (tertiary/aromatic N) is 1. The molecule has 1 aliphatic carbocycles. The number of thiazole rings is 1. The summed E-state index contributed by atoms with van der Waals surface area (Å²) in [4.78, 5) is 4.71. The van der Waals surface area contributed by atoms with Crippen molar-refractivity contribution in [3.8, 4) is 0 Å². The van der Waals surface area contributed by atoms with Gasteiger partial charge >= 0.3 is 0 Å². The van der Waals surface area contributed by atoms with Gasteiger partial charge in [0.05, 0.1) is 10.2 Å². The molecule has 1 fully saturated rings. The normalized spacial score (nSPS) is 23.1. The Labute approximate surface area is 125 Å². The summed E-state index contributed by atoms with van der Waals surface area (Å²) in [5, 5.41) is 4.61. The molecule has 0 aliphatic heterocycles. The van der Waals surface area contributed by atoms with Gasteiger partial charge < -0.3 is 5.32 Å². The first-order chi connectivity index (χ1) is 9.72. The van der Waals surface area contributed by atoms with Crippen molar-refractivity contribution in [3.05, 3.63) is 23.8 Å². The molecular formula is C17H24N2S. The van der Waals surface area contributed by atoms with Gasteiger partial charge in [-0.2, -0.15) is 0 Å². The molecule has 1 N–H and O–H groups in total. The lowest BCUT2D eigenvalue weighted by Gasteiger charge is -2.26. The largest absolute Gasteiger partial charge is 0.361 e. The fourth-order valence-corrected chi connectivity index (χ4v) is 4.13. The fraction of sp³-hybridized carbons (Fsp3) is 0.588. The maximum atomic E-state index is 4.71. The standard InChI is InChI=1S/C17H24N2S/c1-12-6-8-14(9-7-12)10-11-18-17-19-16-13(2)4-3-5-15(16)20-17/h3-5,12,14H,6-11H2,1-2H3,(H,18,19). The van der Waals surface area contributed by atoms with Gasteiger partial charge in [-0.3, -0.25) is 0 Å². The molecule has 0 bridgehead atoms. The van der Waals surface area contributed by atoms with Crippen LogP contribution in [0.1, 0.15) is 44.6 Å². The molecule has 0 atom stereocenters. The van der Waals surface area contributed by atoms with Crippen LogP contribution in [0.5, 0.6) is 0 Å². The molecular weight excluding hydrogens is 264 g/mol. The summed E-state index contributed by atoms with van der Waals surface area (Å²) >= 11 is 1.78. The van der Waals surface area contributed by atoms with Crippen molar-refractivity contribution >= 4 is 26.7 Å². The van der Waals surface area contributed by atoms with Crippen molar-refractivity contribution in [1.29, 1.82) is 0 Å². The first-order valence-corrected chi connectivity index (χ1v) is 8.64. The maximum absolute atomic E-state index is 4.71. The smallest absolute Gasteiger partial charge is 0.183 e. The summed E-state index contributed by atoms with van der Waals surface area (Å²) in [5.74, 6) is 1.88. The average molecular weight is 288 g/mol. The highest BCUT2D eigenvalue weighted by Gasteiger charge is 2.17. The summed E-state index contributed by atoms with van der Waals surface area (Å²) in [7, 11) is 0. The Hall–Kier alpha value is -1.09. The van der Waals surface area contributed by atoms with Gasteiger partial charge in [0, 0.05) is 6.54 Å². The number of aryl methyl sites for hydroxylation is 1. The number of hydrogen-bond donors (Lipinski definition) is 1. The monoisotopic (exact) mass is 288 g/mol. The van der Waals surface area contributed by atoms with E-state index in [2.05, 4.69) is 37.4 Å². The molecule has 1 aliphatic rings. The second-order valence-electron chi connectivity index (χ2n) is 6.28. The Morgan fingerprint density at radius 1 is 1.25 bits per heavy atom. The summed E-state index contributed by atoms with van der Waals surface area (Å²) < 4.78 is 1.29. The molecule has 1 heterocycles. The van der Waals surface area contributed by atoms with Crippen LogP contribution in [-0.4, -0.2) is 11.5 Å². The predicted octanol–water partition coefficient (Wildman–Crippen LogP) is 5.23. The molecule has 2 aromatic rings. The Balaban J connectivity index is 1.53. The number of para-hydroxylation sites is 1. The molecule has 2 nitrogen and oxygen atoms in total. The van der Waals surface area contributed by atoms with Crippen molar-refractivity contribution in [3.63, 3.8) is 0 Å². The van der Waals surface area contributed by atoms with Crippen molar-refractivity contribution in [2.45, 2.75) is 46.0 Å². The lowest BCUT2D eigenvalue weighted by Crippen LogP contribution is -2.15. The Morgan fingerprint density at radius 3 is 2.80 bits per heavy atom. The van der Waals surface area contributed by atoms with E-state index in [9.17, 15) is 0 Å². The van der Waals surface area contributed by atoms with Gasteiger partial charge in [-0.05, 0) is 36.8 Å². The second kappa shape index (κ2) is 6.13. The fourth-order valence-electron chi connectivity index (χ4n) is 3.16. The van der Waals surface area contributed by atoms with Crippen molar-refractivity contribution in [2.24, 2.45) is 11.8 Å². The maximum Gasteiger partial charge on any atom is 0.183 e. The molecule has 1 aromatic heterocycles. The summed E-state index contributed by atoms with van der Waals surface area (Å²) in [6.07, 6.45) is 6.97. The molecule has 0 radical (unpaired) electrons. The van der Waals surface area contributed by atoms with Gasteiger partial charge in [-0.15, -0.1) is 0 Å². The number of benzene rings is 1. The minimum atomic E-state index is 0.926. The zero-order chi connectivity index (χ0) is 13.9. The van der Waals surface area contributed by atoms with E-state index in [4.69, 9.17) is 4.98 Å². The third-order valence-electron chi connectivity index (χ3n) is 4.58. The Morgan fingerprint density at radius 2 is 2.05 bits per heavy atom. The lowest BCUT2D eigenvalue weighted by molar-refractivity contribution is 0.282. The SMILES string of the molecule is Cc1cccc2sc(NCCC3CCC(C)CC3)nc12. The molecule has 0 saturated heterocycles. The molecule has 108 valence electrons. The third kappa shape index (κ3) is 3.14. The van der Waals surface area contributed by atoms with E-state index in [-0.39, 0.29) is 0 Å². The van der Waals surface area contributed by atoms with Gasteiger partial charge in [-0.25, -0.2) is 4.98 Å². The van der Waals surface area contributed by atoms with Gasteiger partial charge in [0.2, 0.25) is 0 Å². The van der Waals surface area contributed by atoms with E-state index in [0.29, 0.717) is 0 Å². The zero-order valence-electron chi connectivity index (χ0n) is 12.5. The van der Waals surface area contributed by atoms with Crippen LogP contribution < -0.4 is 5.32 Å². The molecule has 3 rings (SSSR count). The topological polar surface area (TPSA) is 24.9 Å². The number of fused-ring (bicyclic) bond motifs is 1. The number of aromatic nitrogens is 1. The van der Waals surface area contributed by atoms with E-state index < -0.39 is 0 Å². The van der Waals surface area contributed by atoms with E-state index in [1.54, 1.807) is 11.3 Å². The van der Waals surface area contributed by atoms with Crippen LogP contribution in [0.4, 0.5) is 5.13 Å². The first-order valence-electron chi connectivity index (χ1n) is 7.82. The van der Waals surface area contributed by atoms with Crippen LogP contribution in [0.25, 0.3) is 10.2 Å². The van der Waals surface area contributed by atoms with Gasteiger partial charge in [0.25, 0.3) is 0 Å². The molecule has 0 amide bonds. The highest BCUT2D eigenvalue weighted by molar-refractivity contribution is 7.22. The van der Waals surface area contributed by atoms with Crippen molar-refractivity contribution in [2.75, 3.05) is 11.9 Å². The highest BCUT2D eigenvalue weighted by Crippen LogP contribution is 2.31. The van der Waals surface area contributed by atoms with Gasteiger partial charge in [-0.1, -0.05) is 56.1 Å². The molecule has 1 saturated carbocycles. The van der Waals surface area contributed by atoms with Crippen LogP contribution in [-0.2, 0) is 0 Å². The van der Waals surface area contributed by atoms with E-state index in [0.717, 1.165) is 29.0 Å². The van der Waals surface area contributed by atoms with Crippen LogP contribution in [0, 0.1) is 18.8 Å². The van der Waals surface area contributed by atoms with Crippen molar-refractivity contribution in [1.82, 2.24) is 4.98 Å². The predicted molar refractivity (Wildman–Crippen MR) is 88.6 cm³/mol. The average Bonchev–Trinajstić information content (AvgIpc) is 2.85. The summed E-state index contributed by atoms with van der Waals surface area (Å²) in [6.45, 7) is 5.59. The van der Waals surface area contributed by atoms with Crippen LogP contribution >= 0.6 is 11.3 Å². The quantitative estimate of drug-likeness (QED) is 0.833. The third-order valence-corrected chi connectivity index (χ3v) is 5.56. The molecule has 3 heteroatoms. The van der Waals surface area contributed by atoms with Crippen molar-refractivity contribution < 1.29 is 0 Å².